The molecular weight excluding hydrogens is 949 g/mol. The molecule has 6 nitrogen and oxygen atoms in total. The molecular formula is C71H106O6. The number of ether oxygens (including phenoxy) is 3. The molecule has 0 heterocycles. The maximum atomic E-state index is 12.8. The molecule has 0 aliphatic rings. The van der Waals surface area contributed by atoms with E-state index in [1.165, 1.54) is 19.3 Å². The molecule has 0 radical (unpaired) electrons. The van der Waals surface area contributed by atoms with E-state index in [-0.39, 0.29) is 38.0 Å². The lowest BCUT2D eigenvalue weighted by Crippen LogP contribution is -2.30. The zero-order valence-corrected chi connectivity index (χ0v) is 48.6. The van der Waals surface area contributed by atoms with Crippen LogP contribution < -0.4 is 0 Å². The first-order chi connectivity index (χ1) is 38.0. The van der Waals surface area contributed by atoms with Gasteiger partial charge in [-0.15, -0.1) is 0 Å². The highest BCUT2D eigenvalue weighted by molar-refractivity contribution is 5.71. The summed E-state index contributed by atoms with van der Waals surface area (Å²) in [5.41, 5.74) is 0. The number of carbonyl (C=O) groups is 3. The van der Waals surface area contributed by atoms with Gasteiger partial charge in [0.25, 0.3) is 0 Å². The van der Waals surface area contributed by atoms with Crippen LogP contribution in [0.2, 0.25) is 0 Å². The molecule has 77 heavy (non-hydrogen) atoms. The lowest BCUT2D eigenvalue weighted by Gasteiger charge is -2.18. The van der Waals surface area contributed by atoms with Crippen LogP contribution in [0, 0.1) is 0 Å². The van der Waals surface area contributed by atoms with Crippen LogP contribution in [-0.4, -0.2) is 37.2 Å². The smallest absolute Gasteiger partial charge is 0.306 e. The number of unbranched alkanes of at least 4 members (excludes halogenated alkanes) is 8. The van der Waals surface area contributed by atoms with Crippen molar-refractivity contribution in [2.75, 3.05) is 13.2 Å². The average molecular weight is 1060 g/mol. The van der Waals surface area contributed by atoms with Crippen LogP contribution in [0.15, 0.2) is 194 Å². The van der Waals surface area contributed by atoms with Crippen molar-refractivity contribution in [1.82, 2.24) is 0 Å². The van der Waals surface area contributed by atoms with Gasteiger partial charge in [0.05, 0.1) is 0 Å². The van der Waals surface area contributed by atoms with Gasteiger partial charge >= 0.3 is 17.9 Å². The molecule has 0 amide bonds. The Bertz CT molecular complexity index is 1880. The monoisotopic (exact) mass is 1050 g/mol. The Balaban J connectivity index is 4.55. The zero-order chi connectivity index (χ0) is 55.7. The first kappa shape index (κ1) is 71.2. The van der Waals surface area contributed by atoms with Crippen molar-refractivity contribution < 1.29 is 28.6 Å². The molecule has 426 valence electrons. The van der Waals surface area contributed by atoms with E-state index in [1.807, 2.05) is 12.2 Å². The van der Waals surface area contributed by atoms with Gasteiger partial charge in [-0.3, -0.25) is 14.4 Å². The van der Waals surface area contributed by atoms with Crippen molar-refractivity contribution in [2.45, 2.75) is 219 Å². The summed E-state index contributed by atoms with van der Waals surface area (Å²) in [7, 11) is 0. The maximum absolute atomic E-state index is 12.8. The zero-order valence-electron chi connectivity index (χ0n) is 48.6. The number of allylic oxidation sites excluding steroid dienone is 32. The molecule has 0 aromatic rings. The standard InChI is InChI=1S/C71H106O6/c1-4-7-10-13-16-19-22-24-26-28-30-31-32-33-34-35-36-37-38-39-41-42-44-46-49-52-55-58-61-64-70(73)76-67-68(66-75-69(72)63-60-57-54-51-48-21-18-15-12-9-6-3)77-71(74)65-62-59-56-53-50-47-45-43-40-29-27-25-23-20-17-14-11-8-5-2/h7-8,10-11,15-20,24-27,30-31,33-34,36-37,39-41,43-44,46-47,50,52,55-56,59,68H,4-6,9,12-14,21-23,28-29,32,35,38,42,45,48-49,51,53-54,57-58,60-67H2,1-3H3/b10-7-,11-8-,18-15-,19-16-,20-17-,26-24-,27-25-,31-30-,34-33-,37-36-,41-39-,43-40-,46-44-,50-47-,55-52-,59-56-. The summed E-state index contributed by atoms with van der Waals surface area (Å²) in [5.74, 6) is -1.11. The Hall–Kier alpha value is -5.75. The number of carbonyl (C=O) groups excluding carboxylic acids is 3. The summed E-state index contributed by atoms with van der Waals surface area (Å²) >= 11 is 0. The molecule has 0 saturated heterocycles. The molecule has 6 heteroatoms. The van der Waals surface area contributed by atoms with Gasteiger partial charge < -0.3 is 14.2 Å². The number of esters is 3. The third-order valence-corrected chi connectivity index (χ3v) is 11.6. The van der Waals surface area contributed by atoms with Gasteiger partial charge in [-0.1, -0.05) is 247 Å². The molecule has 1 unspecified atom stereocenters. The molecule has 0 aromatic carbocycles. The van der Waals surface area contributed by atoms with Crippen molar-refractivity contribution in [3.8, 4) is 0 Å². The predicted molar refractivity (Wildman–Crippen MR) is 334 cm³/mol. The second-order valence-corrected chi connectivity index (χ2v) is 18.8. The van der Waals surface area contributed by atoms with Gasteiger partial charge in [-0.05, 0) is 141 Å². The summed E-state index contributed by atoms with van der Waals surface area (Å²) in [6, 6.07) is 0. The minimum Gasteiger partial charge on any atom is -0.462 e. The van der Waals surface area contributed by atoms with Gasteiger partial charge in [0.15, 0.2) is 6.10 Å². The molecule has 0 spiro atoms. The van der Waals surface area contributed by atoms with Crippen LogP contribution in [0.25, 0.3) is 0 Å². The van der Waals surface area contributed by atoms with Crippen molar-refractivity contribution in [2.24, 2.45) is 0 Å². The van der Waals surface area contributed by atoms with E-state index in [2.05, 4.69) is 203 Å². The van der Waals surface area contributed by atoms with Gasteiger partial charge in [0.1, 0.15) is 13.2 Å². The quantitative estimate of drug-likeness (QED) is 0.0261. The van der Waals surface area contributed by atoms with E-state index in [0.29, 0.717) is 19.3 Å². The second-order valence-electron chi connectivity index (χ2n) is 18.8. The van der Waals surface area contributed by atoms with Crippen molar-refractivity contribution in [1.29, 1.82) is 0 Å². The molecule has 0 N–H and O–H groups in total. The second kappa shape index (κ2) is 62.8. The highest BCUT2D eigenvalue weighted by atomic mass is 16.6. The predicted octanol–water partition coefficient (Wildman–Crippen LogP) is 20.6. The highest BCUT2D eigenvalue weighted by Gasteiger charge is 2.19. The Labute approximate surface area is 471 Å². The third-order valence-electron chi connectivity index (χ3n) is 11.6. The number of hydrogen-bond donors (Lipinski definition) is 0. The van der Waals surface area contributed by atoms with E-state index < -0.39 is 12.1 Å². The molecule has 0 fully saturated rings. The number of rotatable bonds is 51. The summed E-state index contributed by atoms with van der Waals surface area (Å²) < 4.78 is 16.7. The van der Waals surface area contributed by atoms with Crippen LogP contribution in [0.4, 0.5) is 0 Å². The van der Waals surface area contributed by atoms with Crippen LogP contribution in [-0.2, 0) is 28.6 Å². The van der Waals surface area contributed by atoms with E-state index in [1.54, 1.807) is 0 Å². The minimum atomic E-state index is -0.857. The average Bonchev–Trinajstić information content (AvgIpc) is 3.43. The van der Waals surface area contributed by atoms with E-state index >= 15 is 0 Å². The summed E-state index contributed by atoms with van der Waals surface area (Å²) in [6.45, 7) is 6.22. The molecule has 0 rings (SSSR count). The van der Waals surface area contributed by atoms with Crippen LogP contribution >= 0.6 is 0 Å². The highest BCUT2D eigenvalue weighted by Crippen LogP contribution is 2.11. The van der Waals surface area contributed by atoms with Crippen LogP contribution in [0.5, 0.6) is 0 Å². The summed E-state index contributed by atoms with van der Waals surface area (Å²) in [4.78, 5) is 38.1. The van der Waals surface area contributed by atoms with E-state index in [4.69, 9.17) is 14.2 Å². The molecule has 1 atom stereocenters. The molecule has 0 saturated carbocycles. The normalized spacial score (nSPS) is 13.5. The summed E-state index contributed by atoms with van der Waals surface area (Å²) in [5, 5.41) is 0. The third kappa shape index (κ3) is 61.0. The fourth-order valence-corrected chi connectivity index (χ4v) is 7.15. The fourth-order valence-electron chi connectivity index (χ4n) is 7.15. The Morgan fingerprint density at radius 3 is 0.909 bits per heavy atom. The van der Waals surface area contributed by atoms with E-state index in [9.17, 15) is 14.4 Å². The van der Waals surface area contributed by atoms with Crippen LogP contribution in [0.3, 0.4) is 0 Å². The Kier molecular flexibility index (Phi) is 58.1. The topological polar surface area (TPSA) is 78.9 Å². The SMILES string of the molecule is CC/C=C\C/C=C\C/C=C\C/C=C\C/C=C\C/C=C\C/C=C\C/C=C\C/C=C\CCCC(=O)OCC(COC(=O)CCCCCCC/C=C\CCCC)OC(=O)CC/C=C\C/C=C\C/C=C\C/C=C\C/C=C\C/C=C\CC. The van der Waals surface area contributed by atoms with Gasteiger partial charge in [-0.2, -0.15) is 0 Å². The van der Waals surface area contributed by atoms with Crippen molar-refractivity contribution in [3.05, 3.63) is 194 Å². The van der Waals surface area contributed by atoms with Gasteiger partial charge in [0, 0.05) is 19.3 Å². The molecule has 0 aromatic heterocycles. The van der Waals surface area contributed by atoms with Crippen molar-refractivity contribution in [3.63, 3.8) is 0 Å². The largest absolute Gasteiger partial charge is 0.462 e. The lowest BCUT2D eigenvalue weighted by atomic mass is 10.1. The minimum absolute atomic E-state index is 0.141. The molecule has 0 bridgehead atoms. The lowest BCUT2D eigenvalue weighted by molar-refractivity contribution is -0.166. The van der Waals surface area contributed by atoms with Gasteiger partial charge in [0.2, 0.25) is 0 Å². The Morgan fingerprint density at radius 2 is 0.545 bits per heavy atom. The van der Waals surface area contributed by atoms with Crippen molar-refractivity contribution >= 4 is 17.9 Å². The summed E-state index contributed by atoms with van der Waals surface area (Å²) in [6.07, 6.45) is 95.9. The molecule has 0 aliphatic carbocycles. The Morgan fingerprint density at radius 1 is 0.273 bits per heavy atom. The molecule has 0 aliphatic heterocycles. The number of hydrogen-bond acceptors (Lipinski definition) is 6. The van der Waals surface area contributed by atoms with Gasteiger partial charge in [-0.25, -0.2) is 0 Å². The fraction of sp³-hybridized carbons (Fsp3) is 0.507. The van der Waals surface area contributed by atoms with E-state index in [0.717, 1.165) is 141 Å². The first-order valence-electron chi connectivity index (χ1n) is 29.9. The first-order valence-corrected chi connectivity index (χ1v) is 29.9. The maximum Gasteiger partial charge on any atom is 0.306 e. The van der Waals surface area contributed by atoms with Crippen LogP contribution in [0.1, 0.15) is 213 Å².